The van der Waals surface area contributed by atoms with Crippen LogP contribution in [0.5, 0.6) is 0 Å². The van der Waals surface area contributed by atoms with Gasteiger partial charge in [0.15, 0.2) is 0 Å². The molecule has 0 aliphatic heterocycles. The molecule has 0 bridgehead atoms. The van der Waals surface area contributed by atoms with Crippen molar-refractivity contribution in [3.05, 3.63) is 51.9 Å². The molecule has 0 spiro atoms. The molecule has 0 atom stereocenters. The highest BCUT2D eigenvalue weighted by atomic mass is 32.1. The van der Waals surface area contributed by atoms with Crippen molar-refractivity contribution in [2.24, 2.45) is 0 Å². The lowest BCUT2D eigenvalue weighted by molar-refractivity contribution is -0.121. The van der Waals surface area contributed by atoms with Crippen molar-refractivity contribution in [2.75, 3.05) is 6.54 Å². The van der Waals surface area contributed by atoms with Crippen molar-refractivity contribution in [2.45, 2.75) is 19.4 Å². The highest BCUT2D eigenvalue weighted by Gasteiger charge is 2.09. The fourth-order valence-corrected chi connectivity index (χ4v) is 3.42. The van der Waals surface area contributed by atoms with E-state index in [9.17, 15) is 9.59 Å². The monoisotopic (exact) mass is 375 g/mol. The van der Waals surface area contributed by atoms with Crippen LogP contribution in [0.4, 0.5) is 0 Å². The van der Waals surface area contributed by atoms with Crippen molar-refractivity contribution in [3.8, 4) is 10.8 Å². The zero-order valence-electron chi connectivity index (χ0n) is 13.4. The molecule has 0 radical (unpaired) electrons. The van der Waals surface area contributed by atoms with E-state index in [1.54, 1.807) is 29.0 Å². The van der Waals surface area contributed by atoms with Gasteiger partial charge in [-0.2, -0.15) is 11.3 Å². The average Bonchev–Trinajstić information content (AvgIpc) is 3.37. The summed E-state index contributed by atoms with van der Waals surface area (Å²) in [4.78, 5) is 28.9. The summed E-state index contributed by atoms with van der Waals surface area (Å²) >= 11 is 3.03. The molecule has 25 heavy (non-hydrogen) atoms. The Bertz CT molecular complexity index is 810. The number of carbonyl (C=O) groups is 2. The normalized spacial score (nSPS) is 10.6. The van der Waals surface area contributed by atoms with Gasteiger partial charge in [-0.15, -0.1) is 11.3 Å². The van der Waals surface area contributed by atoms with E-state index in [0.717, 1.165) is 4.88 Å². The predicted octanol–water partition coefficient (Wildman–Crippen LogP) is 3.29. The molecule has 6 nitrogen and oxygen atoms in total. The van der Waals surface area contributed by atoms with Gasteiger partial charge in [-0.3, -0.25) is 9.59 Å². The average molecular weight is 375 g/mol. The van der Waals surface area contributed by atoms with E-state index >= 15 is 0 Å². The Kier molecular flexibility index (Phi) is 5.97. The highest BCUT2D eigenvalue weighted by Crippen LogP contribution is 2.23. The molecule has 0 aliphatic carbocycles. The van der Waals surface area contributed by atoms with Crippen molar-refractivity contribution < 1.29 is 14.0 Å². The third-order valence-electron chi connectivity index (χ3n) is 3.40. The summed E-state index contributed by atoms with van der Waals surface area (Å²) in [5, 5.41) is 11.2. The first-order valence-electron chi connectivity index (χ1n) is 7.78. The van der Waals surface area contributed by atoms with E-state index in [4.69, 9.17) is 4.42 Å². The number of rotatable bonds is 8. The first-order chi connectivity index (χ1) is 12.2. The summed E-state index contributed by atoms with van der Waals surface area (Å²) in [6.45, 7) is 0.795. The van der Waals surface area contributed by atoms with Gasteiger partial charge >= 0.3 is 0 Å². The van der Waals surface area contributed by atoms with Gasteiger partial charge < -0.3 is 15.1 Å². The van der Waals surface area contributed by atoms with Crippen LogP contribution >= 0.6 is 22.7 Å². The molecule has 8 heteroatoms. The Morgan fingerprint density at radius 3 is 2.88 bits per heavy atom. The van der Waals surface area contributed by atoms with E-state index in [0.29, 0.717) is 43.1 Å². The van der Waals surface area contributed by atoms with Gasteiger partial charge in [0.1, 0.15) is 6.26 Å². The lowest BCUT2D eigenvalue weighted by atomic mass is 10.2. The fraction of sp³-hybridized carbons (Fsp3) is 0.235. The minimum absolute atomic E-state index is 0.0783. The highest BCUT2D eigenvalue weighted by molar-refractivity contribution is 7.13. The van der Waals surface area contributed by atoms with Crippen molar-refractivity contribution in [1.82, 2.24) is 15.6 Å². The maximum absolute atomic E-state index is 11.8. The number of oxazole rings is 1. The van der Waals surface area contributed by atoms with E-state index in [-0.39, 0.29) is 11.8 Å². The van der Waals surface area contributed by atoms with E-state index in [1.165, 1.54) is 11.3 Å². The Hall–Kier alpha value is -2.45. The van der Waals surface area contributed by atoms with Crippen molar-refractivity contribution in [3.63, 3.8) is 0 Å². The summed E-state index contributed by atoms with van der Waals surface area (Å²) in [7, 11) is 0. The first kappa shape index (κ1) is 17.4. The lowest BCUT2D eigenvalue weighted by Crippen LogP contribution is -2.27. The zero-order valence-corrected chi connectivity index (χ0v) is 15.0. The molecule has 0 saturated heterocycles. The third-order valence-corrected chi connectivity index (χ3v) is 4.94. The van der Waals surface area contributed by atoms with Gasteiger partial charge in [-0.25, -0.2) is 4.98 Å². The molecular formula is C17H17N3O3S2. The smallest absolute Gasteiger partial charge is 0.252 e. The maximum atomic E-state index is 11.8. The molecule has 3 rings (SSSR count). The number of nitrogens with zero attached hydrogens (tertiary/aromatic N) is 1. The molecular weight excluding hydrogens is 358 g/mol. The van der Waals surface area contributed by atoms with Crippen LogP contribution in [0.25, 0.3) is 10.8 Å². The summed E-state index contributed by atoms with van der Waals surface area (Å²) in [5.41, 5.74) is 1.34. The molecule has 0 aliphatic rings. The second-order valence-corrected chi connectivity index (χ2v) is 7.00. The quantitative estimate of drug-likeness (QED) is 0.592. The Labute approximate surface area is 152 Å². The number of thiophene rings is 2. The van der Waals surface area contributed by atoms with Gasteiger partial charge in [0, 0.05) is 23.9 Å². The Balaban J connectivity index is 1.34. The zero-order chi connectivity index (χ0) is 17.5. The van der Waals surface area contributed by atoms with Crippen molar-refractivity contribution >= 4 is 34.5 Å². The van der Waals surface area contributed by atoms with E-state index in [2.05, 4.69) is 15.6 Å². The minimum Gasteiger partial charge on any atom is -0.443 e. The van der Waals surface area contributed by atoms with Crippen LogP contribution in [0.1, 0.15) is 28.9 Å². The largest absolute Gasteiger partial charge is 0.443 e. The topological polar surface area (TPSA) is 84.2 Å². The minimum atomic E-state index is -0.106. The molecule has 0 saturated carbocycles. The summed E-state index contributed by atoms with van der Waals surface area (Å²) in [5.74, 6) is 0.381. The van der Waals surface area contributed by atoms with Crippen LogP contribution in [0.15, 0.2) is 45.0 Å². The molecule has 3 heterocycles. The van der Waals surface area contributed by atoms with Crippen LogP contribution in [-0.4, -0.2) is 23.3 Å². The van der Waals surface area contributed by atoms with Gasteiger partial charge in [-0.05, 0) is 29.3 Å². The predicted molar refractivity (Wildman–Crippen MR) is 97.5 cm³/mol. The van der Waals surface area contributed by atoms with Gasteiger partial charge in [0.25, 0.3) is 5.91 Å². The summed E-state index contributed by atoms with van der Waals surface area (Å²) in [6.07, 6.45) is 2.48. The molecule has 2 N–H and O–H groups in total. The molecule has 3 aromatic rings. The number of amides is 2. The van der Waals surface area contributed by atoms with Crippen LogP contribution in [0.3, 0.4) is 0 Å². The first-order valence-corrected chi connectivity index (χ1v) is 9.60. The third kappa shape index (κ3) is 5.01. The number of hydrogen-bond donors (Lipinski definition) is 2. The SMILES string of the molecule is O=C(CCCNC(=O)c1ccsc1)NCc1coc(-c2cccs2)n1. The second kappa shape index (κ2) is 8.59. The molecule has 0 aromatic carbocycles. The Morgan fingerprint density at radius 2 is 2.12 bits per heavy atom. The fourth-order valence-electron chi connectivity index (χ4n) is 2.13. The van der Waals surface area contributed by atoms with Gasteiger partial charge in [0.05, 0.1) is 17.1 Å². The maximum Gasteiger partial charge on any atom is 0.252 e. The molecule has 0 fully saturated rings. The lowest BCUT2D eigenvalue weighted by Gasteiger charge is -2.04. The second-order valence-electron chi connectivity index (χ2n) is 5.27. The van der Waals surface area contributed by atoms with E-state index < -0.39 is 0 Å². The number of carbonyl (C=O) groups excluding carboxylic acids is 2. The number of nitrogens with one attached hydrogen (secondary N) is 2. The van der Waals surface area contributed by atoms with Gasteiger partial charge in [0.2, 0.25) is 11.8 Å². The Morgan fingerprint density at radius 1 is 1.20 bits per heavy atom. The molecule has 130 valence electrons. The van der Waals surface area contributed by atoms with Crippen LogP contribution in [0, 0.1) is 0 Å². The number of aromatic nitrogens is 1. The summed E-state index contributed by atoms with van der Waals surface area (Å²) in [6, 6.07) is 5.64. The number of hydrogen-bond acceptors (Lipinski definition) is 6. The van der Waals surface area contributed by atoms with Crippen molar-refractivity contribution in [1.29, 1.82) is 0 Å². The van der Waals surface area contributed by atoms with Crippen LogP contribution in [-0.2, 0) is 11.3 Å². The van der Waals surface area contributed by atoms with Gasteiger partial charge in [-0.1, -0.05) is 6.07 Å². The molecule has 2 amide bonds. The van der Waals surface area contributed by atoms with Crippen LogP contribution < -0.4 is 10.6 Å². The molecule has 3 aromatic heterocycles. The standard InChI is InChI=1S/C17H17N3O3S2/c21-15(4-1-6-18-16(22)12-5-8-24-11-12)19-9-13-10-23-17(20-13)14-3-2-7-25-14/h2-3,5,7-8,10-11H,1,4,6,9H2,(H,18,22)(H,19,21). The van der Waals surface area contributed by atoms with Crippen LogP contribution in [0.2, 0.25) is 0 Å². The summed E-state index contributed by atoms with van der Waals surface area (Å²) < 4.78 is 5.40. The van der Waals surface area contributed by atoms with E-state index in [1.807, 2.05) is 22.9 Å². The molecule has 0 unspecified atom stereocenters.